The number of nitrogens with zero attached hydrogens (tertiary/aromatic N) is 2. The molecule has 40 heavy (non-hydrogen) atoms. The molecule has 4 aromatic rings. The first-order valence-corrected chi connectivity index (χ1v) is 13.2. The van der Waals surface area contributed by atoms with Gasteiger partial charge in [-0.05, 0) is 48.4 Å². The van der Waals surface area contributed by atoms with Gasteiger partial charge >= 0.3 is 11.9 Å². The normalized spacial score (nSPS) is 14.6. The number of pyridine rings is 1. The highest BCUT2D eigenvalue weighted by molar-refractivity contribution is 6.31. The number of hydrogen-bond donors (Lipinski definition) is 2. The van der Waals surface area contributed by atoms with Gasteiger partial charge in [-0.2, -0.15) is 0 Å². The lowest BCUT2D eigenvalue weighted by atomic mass is 10.1. The van der Waals surface area contributed by atoms with Gasteiger partial charge in [0.05, 0.1) is 23.4 Å². The smallest absolute Gasteiger partial charge is 0.346 e. The number of hydrogen-bond acceptors (Lipinski definition) is 6. The number of carbonyl (C=O) groups is 2. The van der Waals surface area contributed by atoms with Crippen molar-refractivity contribution in [1.29, 1.82) is 0 Å². The number of benzene rings is 3. The summed E-state index contributed by atoms with van der Waals surface area (Å²) in [6, 6.07) is 22.7. The zero-order valence-corrected chi connectivity index (χ0v) is 22.3. The van der Waals surface area contributed by atoms with Crippen molar-refractivity contribution in [3.63, 3.8) is 0 Å². The number of carboxylic acids is 2. The summed E-state index contributed by atoms with van der Waals surface area (Å²) in [6.45, 7) is 0.890. The molecule has 1 atom stereocenters. The number of halogens is 1. The Hall–Kier alpha value is -4.56. The second kappa shape index (κ2) is 12.1. The molecule has 9 heteroatoms. The SMILES string of the molecule is O=C(O)CCCN1CC(C(=O)O)Oc2c(/C=C/c3ccc(OCc4ccc5ccc(Cl)cc5n4)cc3)cccc21. The van der Waals surface area contributed by atoms with E-state index in [0.717, 1.165) is 33.4 Å². The Kier molecular flexibility index (Phi) is 8.17. The Morgan fingerprint density at radius 3 is 2.62 bits per heavy atom. The van der Waals surface area contributed by atoms with Crippen molar-refractivity contribution in [1.82, 2.24) is 4.98 Å². The summed E-state index contributed by atoms with van der Waals surface area (Å²) in [5, 5.41) is 20.2. The molecule has 0 aliphatic carbocycles. The van der Waals surface area contributed by atoms with E-state index in [1.54, 1.807) is 0 Å². The molecule has 0 radical (unpaired) electrons. The van der Waals surface area contributed by atoms with Crippen LogP contribution >= 0.6 is 11.6 Å². The third-order valence-corrected chi connectivity index (χ3v) is 6.77. The molecule has 2 N–H and O–H groups in total. The maximum atomic E-state index is 11.7. The molecule has 0 fully saturated rings. The van der Waals surface area contributed by atoms with Crippen LogP contribution in [0, 0.1) is 0 Å². The summed E-state index contributed by atoms with van der Waals surface area (Å²) in [4.78, 5) is 29.2. The lowest BCUT2D eigenvalue weighted by Gasteiger charge is -2.35. The number of rotatable bonds is 10. The summed E-state index contributed by atoms with van der Waals surface area (Å²) in [5.74, 6) is -0.776. The number of anilines is 1. The van der Waals surface area contributed by atoms with Crippen LogP contribution in [-0.2, 0) is 16.2 Å². The Bertz CT molecular complexity index is 1570. The van der Waals surface area contributed by atoms with Crippen LogP contribution in [0.3, 0.4) is 0 Å². The maximum absolute atomic E-state index is 11.7. The first kappa shape index (κ1) is 27.0. The number of carboxylic acid groups (broad SMARTS) is 2. The highest BCUT2D eigenvalue weighted by Crippen LogP contribution is 2.38. The monoisotopic (exact) mass is 558 g/mol. The summed E-state index contributed by atoms with van der Waals surface area (Å²) in [6.07, 6.45) is 3.16. The Labute approximate surface area is 236 Å². The van der Waals surface area contributed by atoms with Gasteiger partial charge < -0.3 is 24.6 Å². The van der Waals surface area contributed by atoms with Gasteiger partial charge in [-0.3, -0.25) is 4.79 Å². The topological polar surface area (TPSA) is 109 Å². The number of para-hydroxylation sites is 1. The molecule has 8 nitrogen and oxygen atoms in total. The molecule has 204 valence electrons. The maximum Gasteiger partial charge on any atom is 0.346 e. The zero-order chi connectivity index (χ0) is 28.1. The van der Waals surface area contributed by atoms with E-state index in [-0.39, 0.29) is 13.0 Å². The standard InChI is InChI=1S/C31H27ClN2O6/c32-23-12-10-21-11-13-24(33-26(21)17-23)19-39-25-14-7-20(8-15-25)6-9-22-3-1-4-27-30(22)40-28(31(37)38)18-34(27)16-2-5-29(35)36/h1,3-4,6-15,17,28H,2,5,16,18-19H2,(H,35,36)(H,37,38)/b9-6+. The van der Waals surface area contributed by atoms with E-state index in [4.69, 9.17) is 26.2 Å². The summed E-state index contributed by atoms with van der Waals surface area (Å²) in [7, 11) is 0. The van der Waals surface area contributed by atoms with Crippen molar-refractivity contribution in [2.24, 2.45) is 0 Å². The molecule has 0 saturated carbocycles. The number of aliphatic carboxylic acids is 2. The van der Waals surface area contributed by atoms with E-state index in [1.165, 1.54) is 0 Å². The fourth-order valence-corrected chi connectivity index (χ4v) is 4.69. The zero-order valence-electron chi connectivity index (χ0n) is 21.5. The minimum Gasteiger partial charge on any atom is -0.487 e. The molecule has 1 unspecified atom stereocenters. The van der Waals surface area contributed by atoms with Gasteiger partial charge in [-0.15, -0.1) is 0 Å². The third-order valence-electron chi connectivity index (χ3n) is 6.54. The van der Waals surface area contributed by atoms with Gasteiger partial charge in [-0.1, -0.05) is 60.2 Å². The molecule has 1 aliphatic rings. The molecule has 2 heterocycles. The predicted molar refractivity (Wildman–Crippen MR) is 154 cm³/mol. The second-order valence-corrected chi connectivity index (χ2v) is 9.85. The van der Waals surface area contributed by atoms with Gasteiger partial charge in [-0.25, -0.2) is 9.78 Å². The van der Waals surface area contributed by atoms with Crippen molar-refractivity contribution in [3.8, 4) is 11.5 Å². The molecule has 5 rings (SSSR count). The van der Waals surface area contributed by atoms with Crippen molar-refractivity contribution in [2.75, 3.05) is 18.0 Å². The van der Waals surface area contributed by atoms with Crippen LogP contribution in [-0.4, -0.2) is 46.3 Å². The minimum atomic E-state index is -1.06. The molecule has 1 aromatic heterocycles. The van der Waals surface area contributed by atoms with Crippen molar-refractivity contribution in [2.45, 2.75) is 25.6 Å². The van der Waals surface area contributed by atoms with Gasteiger partial charge in [0.1, 0.15) is 12.4 Å². The van der Waals surface area contributed by atoms with Crippen LogP contribution in [0.2, 0.25) is 5.02 Å². The average Bonchev–Trinajstić information content (AvgIpc) is 2.95. The minimum absolute atomic E-state index is 0.0113. The Balaban J connectivity index is 1.27. The lowest BCUT2D eigenvalue weighted by Crippen LogP contribution is -2.45. The van der Waals surface area contributed by atoms with Crippen molar-refractivity contribution >= 4 is 52.3 Å². The van der Waals surface area contributed by atoms with E-state index in [1.807, 2.05) is 89.8 Å². The van der Waals surface area contributed by atoms with Crippen molar-refractivity contribution < 1.29 is 29.3 Å². The van der Waals surface area contributed by atoms with E-state index < -0.39 is 18.0 Å². The molecule has 0 spiro atoms. The largest absolute Gasteiger partial charge is 0.487 e. The number of fused-ring (bicyclic) bond motifs is 2. The van der Waals surface area contributed by atoms with Crippen LogP contribution < -0.4 is 14.4 Å². The van der Waals surface area contributed by atoms with Crippen LogP contribution in [0.15, 0.2) is 72.8 Å². The van der Waals surface area contributed by atoms with E-state index in [2.05, 4.69) is 4.98 Å². The Morgan fingerprint density at radius 2 is 1.85 bits per heavy atom. The van der Waals surface area contributed by atoms with E-state index in [9.17, 15) is 14.7 Å². The van der Waals surface area contributed by atoms with Gasteiger partial charge in [0.25, 0.3) is 0 Å². The van der Waals surface area contributed by atoms with Gasteiger partial charge in [0.15, 0.2) is 5.75 Å². The predicted octanol–water partition coefficient (Wildman–Crippen LogP) is 6.15. The van der Waals surface area contributed by atoms with E-state index in [0.29, 0.717) is 36.1 Å². The van der Waals surface area contributed by atoms with Crippen LogP contribution in [0.4, 0.5) is 5.69 Å². The summed E-state index contributed by atoms with van der Waals surface area (Å²) >= 11 is 6.08. The van der Waals surface area contributed by atoms with Gasteiger partial charge in [0, 0.05) is 28.9 Å². The molecular formula is C31H27ClN2O6. The van der Waals surface area contributed by atoms with Crippen LogP contribution in [0.5, 0.6) is 11.5 Å². The van der Waals surface area contributed by atoms with Crippen molar-refractivity contribution in [3.05, 3.63) is 94.6 Å². The number of aromatic nitrogens is 1. The van der Waals surface area contributed by atoms with Crippen LogP contribution in [0.25, 0.3) is 23.1 Å². The molecule has 0 saturated heterocycles. The second-order valence-electron chi connectivity index (χ2n) is 9.41. The van der Waals surface area contributed by atoms with E-state index >= 15 is 0 Å². The molecule has 0 amide bonds. The fourth-order valence-electron chi connectivity index (χ4n) is 4.52. The molecule has 1 aliphatic heterocycles. The molecule has 3 aromatic carbocycles. The molecule has 0 bridgehead atoms. The summed E-state index contributed by atoms with van der Waals surface area (Å²) < 4.78 is 11.8. The first-order chi connectivity index (χ1) is 19.4. The van der Waals surface area contributed by atoms with Gasteiger partial charge in [0.2, 0.25) is 6.10 Å². The highest BCUT2D eigenvalue weighted by atomic mass is 35.5. The Morgan fingerprint density at radius 1 is 1.05 bits per heavy atom. The fraction of sp³-hybridized carbons (Fsp3) is 0.194. The molecular weight excluding hydrogens is 532 g/mol. The average molecular weight is 559 g/mol. The number of ether oxygens (including phenoxy) is 2. The quantitative estimate of drug-likeness (QED) is 0.223. The first-order valence-electron chi connectivity index (χ1n) is 12.8. The third kappa shape index (κ3) is 6.52. The van der Waals surface area contributed by atoms with Crippen LogP contribution in [0.1, 0.15) is 29.7 Å². The highest BCUT2D eigenvalue weighted by Gasteiger charge is 2.31. The summed E-state index contributed by atoms with van der Waals surface area (Å²) in [5.41, 5.74) is 4.02. The lowest BCUT2D eigenvalue weighted by molar-refractivity contribution is -0.145.